The van der Waals surface area contributed by atoms with Gasteiger partial charge in [-0.1, -0.05) is 54.1 Å². The molecule has 162 valence electrons. The number of nitrogens with one attached hydrogen (secondary N) is 1. The average Bonchev–Trinajstić information content (AvgIpc) is 2.73. The Labute approximate surface area is 184 Å². The number of anilines is 1. The third kappa shape index (κ3) is 5.52. The van der Waals surface area contributed by atoms with Crippen molar-refractivity contribution in [1.82, 2.24) is 5.32 Å². The van der Waals surface area contributed by atoms with Crippen LogP contribution in [0.15, 0.2) is 83.8 Å². The van der Waals surface area contributed by atoms with Crippen molar-refractivity contribution in [2.24, 2.45) is 0 Å². The number of hydrogen-bond acceptors (Lipinski definition) is 3. The predicted molar refractivity (Wildman–Crippen MR) is 125 cm³/mol. The van der Waals surface area contributed by atoms with E-state index >= 15 is 0 Å². The van der Waals surface area contributed by atoms with E-state index in [0.717, 1.165) is 11.1 Å². The van der Waals surface area contributed by atoms with E-state index in [0.29, 0.717) is 17.7 Å². The molecule has 0 unspecified atom stereocenters. The van der Waals surface area contributed by atoms with E-state index in [-0.39, 0.29) is 10.8 Å². The molecule has 0 aliphatic rings. The second-order valence-electron chi connectivity index (χ2n) is 8.34. The maximum atomic E-state index is 13.0. The first kappa shape index (κ1) is 22.6. The quantitative estimate of drug-likeness (QED) is 0.590. The van der Waals surface area contributed by atoms with Crippen molar-refractivity contribution in [3.8, 4) is 0 Å². The van der Waals surface area contributed by atoms with Crippen molar-refractivity contribution in [3.63, 3.8) is 0 Å². The molecule has 0 heterocycles. The zero-order valence-electron chi connectivity index (χ0n) is 18.3. The van der Waals surface area contributed by atoms with Gasteiger partial charge in [0.25, 0.3) is 15.9 Å². The predicted octanol–water partition coefficient (Wildman–Crippen LogP) is 4.57. The Hall–Kier alpha value is -3.12. The number of sulfonamides is 1. The highest BCUT2D eigenvalue weighted by Gasteiger charge is 2.24. The summed E-state index contributed by atoms with van der Waals surface area (Å²) >= 11 is 0. The third-order valence-electron chi connectivity index (χ3n) is 5.09. The highest BCUT2D eigenvalue weighted by atomic mass is 32.2. The van der Waals surface area contributed by atoms with Gasteiger partial charge in [0.2, 0.25) is 0 Å². The molecule has 1 amide bonds. The van der Waals surface area contributed by atoms with E-state index < -0.39 is 15.6 Å². The molecular weight excluding hydrogens is 408 g/mol. The highest BCUT2D eigenvalue weighted by molar-refractivity contribution is 7.92. The zero-order chi connectivity index (χ0) is 22.6. The molecule has 0 bridgehead atoms. The van der Waals surface area contributed by atoms with Gasteiger partial charge >= 0.3 is 0 Å². The van der Waals surface area contributed by atoms with Gasteiger partial charge in [-0.15, -0.1) is 0 Å². The van der Waals surface area contributed by atoms with Gasteiger partial charge in [0.15, 0.2) is 0 Å². The maximum absolute atomic E-state index is 13.0. The first-order chi connectivity index (χ1) is 14.6. The van der Waals surface area contributed by atoms with Crippen LogP contribution in [0.25, 0.3) is 0 Å². The van der Waals surface area contributed by atoms with Crippen LogP contribution in [-0.2, 0) is 16.4 Å². The normalized spacial score (nSPS) is 11.7. The lowest BCUT2D eigenvalue weighted by molar-refractivity contribution is 0.0913. The Morgan fingerprint density at radius 3 is 2.23 bits per heavy atom. The number of benzene rings is 3. The Morgan fingerprint density at radius 2 is 1.58 bits per heavy atom. The van der Waals surface area contributed by atoms with Gasteiger partial charge in [-0.05, 0) is 63.1 Å². The van der Waals surface area contributed by atoms with E-state index in [9.17, 15) is 13.2 Å². The molecule has 0 atom stereocenters. The number of carbonyl (C=O) groups is 1. The number of amides is 1. The first-order valence-electron chi connectivity index (χ1n) is 10.1. The molecule has 6 heteroatoms. The molecule has 0 spiro atoms. The minimum atomic E-state index is -3.73. The summed E-state index contributed by atoms with van der Waals surface area (Å²) < 4.78 is 27.2. The third-order valence-corrected chi connectivity index (χ3v) is 6.89. The second kappa shape index (κ2) is 8.94. The summed E-state index contributed by atoms with van der Waals surface area (Å²) in [4.78, 5) is 13.1. The molecule has 0 aliphatic carbocycles. The number of nitrogens with zero attached hydrogens (tertiary/aromatic N) is 1. The van der Waals surface area contributed by atoms with Gasteiger partial charge in [-0.25, -0.2) is 8.42 Å². The topological polar surface area (TPSA) is 66.5 Å². The Bertz CT molecular complexity index is 1150. The molecule has 5 nitrogen and oxygen atoms in total. The Morgan fingerprint density at radius 1 is 0.935 bits per heavy atom. The smallest absolute Gasteiger partial charge is 0.264 e. The summed E-state index contributed by atoms with van der Waals surface area (Å²) in [6, 6.07) is 23.3. The highest BCUT2D eigenvalue weighted by Crippen LogP contribution is 2.24. The molecule has 0 aromatic heterocycles. The average molecular weight is 437 g/mol. The first-order valence-corrected chi connectivity index (χ1v) is 11.5. The lowest BCUT2D eigenvalue weighted by Gasteiger charge is -2.27. The molecular formula is C25H28N2O3S. The molecule has 3 aromatic rings. The molecule has 0 saturated heterocycles. The van der Waals surface area contributed by atoms with Gasteiger partial charge in [0.05, 0.1) is 10.6 Å². The summed E-state index contributed by atoms with van der Waals surface area (Å²) in [5, 5.41) is 3.06. The summed E-state index contributed by atoms with van der Waals surface area (Å²) in [5.74, 6) is -0.246. The van der Waals surface area contributed by atoms with Crippen LogP contribution in [0.3, 0.4) is 0 Å². The summed E-state index contributed by atoms with van der Waals surface area (Å²) in [5.41, 5.74) is 2.48. The van der Waals surface area contributed by atoms with E-state index in [1.54, 1.807) is 48.5 Å². The van der Waals surface area contributed by atoms with Gasteiger partial charge in [0.1, 0.15) is 0 Å². The van der Waals surface area contributed by atoms with Crippen molar-refractivity contribution in [3.05, 3.63) is 95.6 Å². The van der Waals surface area contributed by atoms with Crippen LogP contribution in [0.5, 0.6) is 0 Å². The molecule has 0 saturated carbocycles. The van der Waals surface area contributed by atoms with Gasteiger partial charge in [0, 0.05) is 18.2 Å². The van der Waals surface area contributed by atoms with Crippen LogP contribution in [0.1, 0.15) is 35.3 Å². The molecule has 31 heavy (non-hydrogen) atoms. The zero-order valence-corrected chi connectivity index (χ0v) is 19.1. The van der Waals surface area contributed by atoms with Crippen molar-refractivity contribution in [1.29, 1.82) is 0 Å². The number of aryl methyl sites for hydroxylation is 1. The SMILES string of the molecule is Cc1ccc(S(=O)(=O)N(C)c2cccc(C(=O)NC(C)(C)Cc3ccccc3)c2)cc1. The fourth-order valence-electron chi connectivity index (χ4n) is 3.38. The molecule has 3 rings (SSSR count). The fraction of sp³-hybridized carbons (Fsp3) is 0.240. The van der Waals surface area contributed by atoms with Gasteiger partial charge in [-0.3, -0.25) is 9.10 Å². The van der Waals surface area contributed by atoms with Crippen LogP contribution < -0.4 is 9.62 Å². The Balaban J connectivity index is 1.79. The van der Waals surface area contributed by atoms with Crippen LogP contribution >= 0.6 is 0 Å². The summed E-state index contributed by atoms with van der Waals surface area (Å²) in [6.45, 7) is 5.84. The van der Waals surface area contributed by atoms with Crippen LogP contribution in [0, 0.1) is 6.92 Å². The molecule has 3 aromatic carbocycles. The molecule has 0 radical (unpaired) electrons. The summed E-state index contributed by atoms with van der Waals surface area (Å²) in [6.07, 6.45) is 0.682. The number of carbonyl (C=O) groups excluding carboxylic acids is 1. The number of rotatable bonds is 7. The van der Waals surface area contributed by atoms with Crippen LogP contribution in [0.4, 0.5) is 5.69 Å². The van der Waals surface area contributed by atoms with Crippen LogP contribution in [0.2, 0.25) is 0 Å². The van der Waals surface area contributed by atoms with E-state index in [1.807, 2.05) is 51.1 Å². The summed E-state index contributed by atoms with van der Waals surface area (Å²) in [7, 11) is -2.23. The molecule has 0 fully saturated rings. The van der Waals surface area contributed by atoms with E-state index in [2.05, 4.69) is 5.32 Å². The molecule has 1 N–H and O–H groups in total. The van der Waals surface area contributed by atoms with Crippen molar-refractivity contribution >= 4 is 21.6 Å². The fourth-order valence-corrected chi connectivity index (χ4v) is 4.57. The van der Waals surface area contributed by atoms with Crippen molar-refractivity contribution < 1.29 is 13.2 Å². The maximum Gasteiger partial charge on any atom is 0.264 e. The van der Waals surface area contributed by atoms with Gasteiger partial charge < -0.3 is 5.32 Å². The Kier molecular flexibility index (Phi) is 6.51. The van der Waals surface area contributed by atoms with Crippen molar-refractivity contribution in [2.45, 2.75) is 37.6 Å². The van der Waals surface area contributed by atoms with Gasteiger partial charge in [-0.2, -0.15) is 0 Å². The second-order valence-corrected chi connectivity index (χ2v) is 10.3. The molecule has 0 aliphatic heterocycles. The minimum absolute atomic E-state index is 0.208. The van der Waals surface area contributed by atoms with E-state index in [4.69, 9.17) is 0 Å². The standard InChI is InChI=1S/C25H28N2O3S/c1-19-13-15-23(16-14-19)31(29,30)27(4)22-12-8-11-21(17-22)24(28)26-25(2,3)18-20-9-6-5-7-10-20/h5-17H,18H2,1-4H3,(H,26,28). The lowest BCUT2D eigenvalue weighted by atomic mass is 9.94. The van der Waals surface area contributed by atoms with E-state index in [1.165, 1.54) is 11.4 Å². The number of hydrogen-bond donors (Lipinski definition) is 1. The lowest BCUT2D eigenvalue weighted by Crippen LogP contribution is -2.45. The van der Waals surface area contributed by atoms with Crippen LogP contribution in [-0.4, -0.2) is 26.9 Å². The van der Waals surface area contributed by atoms with Crippen molar-refractivity contribution in [2.75, 3.05) is 11.4 Å². The largest absolute Gasteiger partial charge is 0.347 e. The monoisotopic (exact) mass is 436 g/mol. The minimum Gasteiger partial charge on any atom is -0.347 e.